The maximum absolute atomic E-state index is 11.1. The van der Waals surface area contributed by atoms with Gasteiger partial charge in [-0.25, -0.2) is 9.78 Å². The fourth-order valence-corrected chi connectivity index (χ4v) is 1.90. The number of aromatic carboxylic acids is 1. The number of carboxylic acid groups (broad SMARTS) is 1. The summed E-state index contributed by atoms with van der Waals surface area (Å²) in [5.74, 6) is -0.818. The molecule has 0 aliphatic heterocycles. The van der Waals surface area contributed by atoms with E-state index in [9.17, 15) is 4.79 Å². The van der Waals surface area contributed by atoms with Gasteiger partial charge in [-0.2, -0.15) is 0 Å². The molecule has 1 N–H and O–H groups in total. The van der Waals surface area contributed by atoms with Crippen molar-refractivity contribution in [2.24, 2.45) is 0 Å². The summed E-state index contributed by atoms with van der Waals surface area (Å²) < 4.78 is 5.51. The minimum atomic E-state index is -1.02. The number of rotatable bonds is 6. The SMILES string of the molecule is Cc1ccc(C(=O)O)c(OCCCc2ccccc2)n1. The minimum absolute atomic E-state index is 0.107. The van der Waals surface area contributed by atoms with Gasteiger partial charge in [-0.1, -0.05) is 30.3 Å². The van der Waals surface area contributed by atoms with Crippen LogP contribution in [0.3, 0.4) is 0 Å². The molecule has 0 saturated carbocycles. The second-order valence-corrected chi connectivity index (χ2v) is 4.55. The van der Waals surface area contributed by atoms with Gasteiger partial charge in [0.2, 0.25) is 5.88 Å². The molecule has 4 heteroatoms. The predicted octanol–water partition coefficient (Wildman–Crippen LogP) is 3.10. The van der Waals surface area contributed by atoms with Crippen LogP contribution in [0.2, 0.25) is 0 Å². The first-order valence-electron chi connectivity index (χ1n) is 6.54. The topological polar surface area (TPSA) is 59.4 Å². The summed E-state index contributed by atoms with van der Waals surface area (Å²) in [6, 6.07) is 13.3. The van der Waals surface area contributed by atoms with Gasteiger partial charge >= 0.3 is 5.97 Å². The Balaban J connectivity index is 1.91. The summed E-state index contributed by atoms with van der Waals surface area (Å²) >= 11 is 0. The molecular formula is C16H17NO3. The first-order chi connectivity index (χ1) is 9.66. The molecule has 0 radical (unpaired) electrons. The molecule has 0 saturated heterocycles. The van der Waals surface area contributed by atoms with Gasteiger partial charge in [-0.15, -0.1) is 0 Å². The Kier molecular flexibility index (Phi) is 4.71. The Morgan fingerprint density at radius 3 is 2.65 bits per heavy atom. The quantitative estimate of drug-likeness (QED) is 0.820. The van der Waals surface area contributed by atoms with Crippen molar-refractivity contribution in [3.8, 4) is 5.88 Å². The zero-order valence-corrected chi connectivity index (χ0v) is 11.4. The fraction of sp³-hybridized carbons (Fsp3) is 0.250. The highest BCUT2D eigenvalue weighted by molar-refractivity contribution is 5.90. The summed E-state index contributed by atoms with van der Waals surface area (Å²) in [5, 5.41) is 9.07. The lowest BCUT2D eigenvalue weighted by atomic mass is 10.1. The standard InChI is InChI=1S/C16H17NO3/c1-12-9-10-14(16(18)19)15(17-12)20-11-5-8-13-6-3-2-4-7-13/h2-4,6-7,9-10H,5,8,11H2,1H3,(H,18,19). The van der Waals surface area contributed by atoms with Crippen LogP contribution in [0.25, 0.3) is 0 Å². The highest BCUT2D eigenvalue weighted by Gasteiger charge is 2.12. The van der Waals surface area contributed by atoms with Gasteiger partial charge in [0.05, 0.1) is 6.61 Å². The van der Waals surface area contributed by atoms with Crippen LogP contribution in [-0.4, -0.2) is 22.7 Å². The first kappa shape index (κ1) is 14.1. The molecule has 1 aromatic heterocycles. The lowest BCUT2D eigenvalue weighted by Crippen LogP contribution is -2.07. The van der Waals surface area contributed by atoms with E-state index in [1.165, 1.54) is 11.6 Å². The molecule has 0 aliphatic rings. The fourth-order valence-electron chi connectivity index (χ4n) is 1.90. The van der Waals surface area contributed by atoms with E-state index in [0.29, 0.717) is 6.61 Å². The van der Waals surface area contributed by atoms with E-state index >= 15 is 0 Å². The third kappa shape index (κ3) is 3.82. The minimum Gasteiger partial charge on any atom is -0.477 e. The summed E-state index contributed by atoms with van der Waals surface area (Å²) in [6.07, 6.45) is 1.72. The molecule has 20 heavy (non-hydrogen) atoms. The summed E-state index contributed by atoms with van der Waals surface area (Å²) in [4.78, 5) is 15.2. The van der Waals surface area contributed by atoms with Crippen molar-refractivity contribution in [1.82, 2.24) is 4.98 Å². The monoisotopic (exact) mass is 271 g/mol. The van der Waals surface area contributed by atoms with Crippen molar-refractivity contribution in [2.75, 3.05) is 6.61 Å². The second kappa shape index (κ2) is 6.70. The van der Waals surface area contributed by atoms with Crippen LogP contribution >= 0.6 is 0 Å². The van der Waals surface area contributed by atoms with Crippen LogP contribution in [0.1, 0.15) is 28.0 Å². The van der Waals surface area contributed by atoms with E-state index in [0.717, 1.165) is 18.5 Å². The normalized spacial score (nSPS) is 10.2. The Labute approximate surface area is 118 Å². The number of nitrogens with zero attached hydrogens (tertiary/aromatic N) is 1. The molecule has 2 aromatic rings. The van der Waals surface area contributed by atoms with Crippen LogP contribution in [0.5, 0.6) is 5.88 Å². The predicted molar refractivity (Wildman–Crippen MR) is 76.2 cm³/mol. The van der Waals surface area contributed by atoms with Crippen LogP contribution in [0.15, 0.2) is 42.5 Å². The van der Waals surface area contributed by atoms with E-state index in [4.69, 9.17) is 9.84 Å². The van der Waals surface area contributed by atoms with E-state index < -0.39 is 5.97 Å². The zero-order valence-electron chi connectivity index (χ0n) is 11.4. The molecule has 2 rings (SSSR count). The average molecular weight is 271 g/mol. The lowest BCUT2D eigenvalue weighted by molar-refractivity contribution is 0.0691. The molecule has 0 bridgehead atoms. The number of aryl methyl sites for hydroxylation is 2. The molecule has 0 fully saturated rings. The Hall–Kier alpha value is -2.36. The van der Waals surface area contributed by atoms with Crippen molar-refractivity contribution >= 4 is 5.97 Å². The molecule has 0 aliphatic carbocycles. The first-order valence-corrected chi connectivity index (χ1v) is 6.54. The number of hydrogen-bond donors (Lipinski definition) is 1. The Bertz CT molecular complexity index is 582. The zero-order chi connectivity index (χ0) is 14.4. The van der Waals surface area contributed by atoms with Crippen molar-refractivity contribution in [3.63, 3.8) is 0 Å². The van der Waals surface area contributed by atoms with E-state index in [1.807, 2.05) is 25.1 Å². The molecule has 0 spiro atoms. The van der Waals surface area contributed by atoms with Gasteiger partial charge in [0.1, 0.15) is 5.56 Å². The number of carboxylic acids is 1. The van der Waals surface area contributed by atoms with Crippen molar-refractivity contribution in [2.45, 2.75) is 19.8 Å². The molecule has 1 aromatic carbocycles. The van der Waals surface area contributed by atoms with Crippen molar-refractivity contribution in [1.29, 1.82) is 0 Å². The number of benzene rings is 1. The van der Waals surface area contributed by atoms with Crippen LogP contribution in [0, 0.1) is 6.92 Å². The van der Waals surface area contributed by atoms with Gasteiger partial charge < -0.3 is 9.84 Å². The number of ether oxygens (including phenoxy) is 1. The largest absolute Gasteiger partial charge is 0.477 e. The second-order valence-electron chi connectivity index (χ2n) is 4.55. The average Bonchev–Trinajstić information content (AvgIpc) is 2.44. The maximum atomic E-state index is 11.1. The van der Waals surface area contributed by atoms with Gasteiger partial charge in [-0.05, 0) is 37.5 Å². The number of aromatic nitrogens is 1. The molecule has 0 unspecified atom stereocenters. The molecule has 4 nitrogen and oxygen atoms in total. The third-order valence-corrected chi connectivity index (χ3v) is 2.92. The number of hydrogen-bond acceptors (Lipinski definition) is 3. The van der Waals surface area contributed by atoms with E-state index in [-0.39, 0.29) is 11.4 Å². The van der Waals surface area contributed by atoms with Crippen LogP contribution in [0.4, 0.5) is 0 Å². The van der Waals surface area contributed by atoms with Gasteiger partial charge in [0.15, 0.2) is 0 Å². The molecule has 104 valence electrons. The Morgan fingerprint density at radius 1 is 1.20 bits per heavy atom. The lowest BCUT2D eigenvalue weighted by Gasteiger charge is -2.08. The van der Waals surface area contributed by atoms with Crippen molar-refractivity contribution < 1.29 is 14.6 Å². The summed E-state index contributed by atoms with van der Waals surface area (Å²) in [7, 11) is 0. The van der Waals surface area contributed by atoms with E-state index in [1.54, 1.807) is 6.07 Å². The molecule has 1 heterocycles. The van der Waals surface area contributed by atoms with Crippen molar-refractivity contribution in [3.05, 3.63) is 59.3 Å². The maximum Gasteiger partial charge on any atom is 0.341 e. The highest BCUT2D eigenvalue weighted by Crippen LogP contribution is 2.16. The third-order valence-electron chi connectivity index (χ3n) is 2.92. The number of carbonyl (C=O) groups is 1. The van der Waals surface area contributed by atoms with Crippen LogP contribution in [-0.2, 0) is 6.42 Å². The summed E-state index contributed by atoms with van der Waals surface area (Å²) in [6.45, 7) is 2.26. The van der Waals surface area contributed by atoms with E-state index in [2.05, 4.69) is 17.1 Å². The van der Waals surface area contributed by atoms with Crippen LogP contribution < -0.4 is 4.74 Å². The van der Waals surface area contributed by atoms with Gasteiger partial charge in [0.25, 0.3) is 0 Å². The molecule has 0 atom stereocenters. The molecule has 0 amide bonds. The molecular weight excluding hydrogens is 254 g/mol. The highest BCUT2D eigenvalue weighted by atomic mass is 16.5. The summed E-state index contributed by atoms with van der Waals surface area (Å²) in [5.41, 5.74) is 2.09. The Morgan fingerprint density at radius 2 is 1.95 bits per heavy atom. The smallest absolute Gasteiger partial charge is 0.341 e. The van der Waals surface area contributed by atoms with Gasteiger partial charge in [-0.3, -0.25) is 0 Å². The number of pyridine rings is 1. The van der Waals surface area contributed by atoms with Gasteiger partial charge in [0, 0.05) is 5.69 Å².